The fourth-order valence-electron chi connectivity index (χ4n) is 3.39. The van der Waals surface area contributed by atoms with Gasteiger partial charge >= 0.3 is 5.91 Å². The summed E-state index contributed by atoms with van der Waals surface area (Å²) >= 11 is 0. The third kappa shape index (κ3) is 1.41. The number of rotatable bonds is 2. The minimum atomic E-state index is -0.607. The number of fused-ring (bicyclic) bond motifs is 5. The summed E-state index contributed by atoms with van der Waals surface area (Å²) in [5, 5.41) is 0.827. The van der Waals surface area contributed by atoms with Crippen molar-refractivity contribution in [3.05, 3.63) is 24.2 Å². The molecule has 3 saturated heterocycles. The van der Waals surface area contributed by atoms with E-state index < -0.39 is 17.7 Å². The summed E-state index contributed by atoms with van der Waals surface area (Å²) in [6, 6.07) is 3.03. The SMILES string of the molecule is O=C(NN1C(=O)[C@@H]2[C@@H](C1=O)[C@H]1CC[C@H]2O1)c1ccco1. The van der Waals surface area contributed by atoms with Crippen LogP contribution in [-0.2, 0) is 14.3 Å². The van der Waals surface area contributed by atoms with Crippen LogP contribution in [0, 0.1) is 11.8 Å². The maximum absolute atomic E-state index is 12.3. The van der Waals surface area contributed by atoms with E-state index in [-0.39, 0.29) is 29.8 Å². The summed E-state index contributed by atoms with van der Waals surface area (Å²) in [4.78, 5) is 36.4. The number of carbonyl (C=O) groups is 3. The van der Waals surface area contributed by atoms with Gasteiger partial charge in [-0.15, -0.1) is 0 Å². The van der Waals surface area contributed by atoms with Crippen molar-refractivity contribution in [1.82, 2.24) is 10.4 Å². The molecule has 7 nitrogen and oxygen atoms in total. The monoisotopic (exact) mass is 276 g/mol. The first-order valence-corrected chi connectivity index (χ1v) is 6.54. The molecule has 4 heterocycles. The number of ether oxygens (including phenoxy) is 1. The van der Waals surface area contributed by atoms with Crippen molar-refractivity contribution in [2.24, 2.45) is 11.8 Å². The van der Waals surface area contributed by atoms with Crippen LogP contribution in [0.15, 0.2) is 22.8 Å². The van der Waals surface area contributed by atoms with E-state index in [0.717, 1.165) is 17.9 Å². The van der Waals surface area contributed by atoms with E-state index >= 15 is 0 Å². The quantitative estimate of drug-likeness (QED) is 0.773. The first-order chi connectivity index (χ1) is 9.66. The Kier molecular flexibility index (Phi) is 2.29. The van der Waals surface area contributed by atoms with Gasteiger partial charge in [-0.25, -0.2) is 0 Å². The molecule has 0 spiro atoms. The van der Waals surface area contributed by atoms with E-state index in [9.17, 15) is 14.4 Å². The highest BCUT2D eigenvalue weighted by atomic mass is 16.5. The molecule has 0 aromatic carbocycles. The highest BCUT2D eigenvalue weighted by Crippen LogP contribution is 2.47. The Morgan fingerprint density at radius 2 is 1.85 bits per heavy atom. The number of hydrazine groups is 1. The molecule has 1 aromatic heterocycles. The molecule has 3 aliphatic rings. The Morgan fingerprint density at radius 3 is 2.40 bits per heavy atom. The van der Waals surface area contributed by atoms with Crippen LogP contribution in [0.2, 0.25) is 0 Å². The molecule has 2 bridgehead atoms. The third-order valence-electron chi connectivity index (χ3n) is 4.24. The van der Waals surface area contributed by atoms with E-state index in [1.165, 1.54) is 12.3 Å². The lowest BCUT2D eigenvalue weighted by atomic mass is 9.81. The van der Waals surface area contributed by atoms with Crippen molar-refractivity contribution in [2.45, 2.75) is 25.0 Å². The van der Waals surface area contributed by atoms with Gasteiger partial charge in [-0.2, -0.15) is 5.01 Å². The zero-order chi connectivity index (χ0) is 13.9. The molecule has 20 heavy (non-hydrogen) atoms. The van der Waals surface area contributed by atoms with Crippen LogP contribution in [0.3, 0.4) is 0 Å². The van der Waals surface area contributed by atoms with Gasteiger partial charge in [-0.05, 0) is 25.0 Å². The molecule has 3 fully saturated rings. The Hall–Kier alpha value is -2.15. The van der Waals surface area contributed by atoms with Gasteiger partial charge in [0, 0.05) is 0 Å². The summed E-state index contributed by atoms with van der Waals surface area (Å²) < 4.78 is 10.5. The Balaban J connectivity index is 1.57. The number of nitrogens with zero attached hydrogens (tertiary/aromatic N) is 1. The summed E-state index contributed by atoms with van der Waals surface area (Å²) in [6.07, 6.45) is 2.57. The zero-order valence-electron chi connectivity index (χ0n) is 10.4. The number of hydrogen-bond acceptors (Lipinski definition) is 5. The molecule has 4 atom stereocenters. The van der Waals surface area contributed by atoms with Crippen molar-refractivity contribution in [3.8, 4) is 0 Å². The van der Waals surface area contributed by atoms with Gasteiger partial charge in [0.25, 0.3) is 11.8 Å². The van der Waals surface area contributed by atoms with E-state index in [1.807, 2.05) is 0 Å². The Bertz CT molecular complexity index is 568. The van der Waals surface area contributed by atoms with Crippen LogP contribution in [0.4, 0.5) is 0 Å². The number of carbonyl (C=O) groups excluding carboxylic acids is 3. The van der Waals surface area contributed by atoms with Crippen LogP contribution in [0.1, 0.15) is 23.4 Å². The molecule has 0 unspecified atom stereocenters. The van der Waals surface area contributed by atoms with E-state index in [4.69, 9.17) is 9.15 Å². The lowest BCUT2D eigenvalue weighted by Crippen LogP contribution is -2.47. The summed E-state index contributed by atoms with van der Waals surface area (Å²) in [5.41, 5.74) is 2.32. The predicted octanol–water partition coefficient (Wildman–Crippen LogP) is 0.0868. The third-order valence-corrected chi connectivity index (χ3v) is 4.24. The molecule has 0 saturated carbocycles. The second-order valence-electron chi connectivity index (χ2n) is 5.27. The van der Waals surface area contributed by atoms with Gasteiger partial charge in [-0.1, -0.05) is 0 Å². The molecule has 0 aliphatic carbocycles. The maximum atomic E-state index is 12.3. The van der Waals surface area contributed by atoms with E-state index in [1.54, 1.807) is 6.07 Å². The maximum Gasteiger partial charge on any atom is 0.305 e. The highest BCUT2D eigenvalue weighted by molar-refractivity contribution is 6.08. The Morgan fingerprint density at radius 1 is 1.20 bits per heavy atom. The first kappa shape index (κ1) is 11.7. The summed E-state index contributed by atoms with van der Waals surface area (Å²) in [5.74, 6) is -2.21. The Labute approximate surface area is 113 Å². The highest BCUT2D eigenvalue weighted by Gasteiger charge is 2.62. The van der Waals surface area contributed by atoms with Gasteiger partial charge in [0.2, 0.25) is 0 Å². The molecule has 3 amide bonds. The number of nitrogens with one attached hydrogen (secondary N) is 1. The van der Waals surface area contributed by atoms with E-state index in [2.05, 4.69) is 5.43 Å². The zero-order valence-corrected chi connectivity index (χ0v) is 10.4. The number of furan rings is 1. The number of amides is 3. The van der Waals surface area contributed by atoms with Gasteiger partial charge in [0.05, 0.1) is 30.3 Å². The van der Waals surface area contributed by atoms with Crippen LogP contribution in [0.25, 0.3) is 0 Å². The molecular weight excluding hydrogens is 264 g/mol. The largest absolute Gasteiger partial charge is 0.459 e. The molecule has 1 N–H and O–H groups in total. The minimum Gasteiger partial charge on any atom is -0.459 e. The van der Waals surface area contributed by atoms with Crippen molar-refractivity contribution in [2.75, 3.05) is 0 Å². The average Bonchev–Trinajstić information content (AvgIpc) is 3.18. The average molecular weight is 276 g/mol. The van der Waals surface area contributed by atoms with Crippen molar-refractivity contribution in [1.29, 1.82) is 0 Å². The molecule has 7 heteroatoms. The summed E-state index contributed by atoms with van der Waals surface area (Å²) in [7, 11) is 0. The minimum absolute atomic E-state index is 0.0573. The standard InChI is InChI=1S/C13H12N2O5/c16-11(8-2-1-5-19-8)14-15-12(17)9-6-3-4-7(20-6)10(9)13(15)18/h1-2,5-7,9-10H,3-4H2,(H,14,16)/t6-,7-,9+,10+/m1/s1. The fourth-order valence-corrected chi connectivity index (χ4v) is 3.39. The lowest BCUT2D eigenvalue weighted by Gasteiger charge is -2.17. The normalized spacial score (nSPS) is 34.7. The number of imide groups is 1. The number of hydrogen-bond donors (Lipinski definition) is 1. The topological polar surface area (TPSA) is 88.9 Å². The molecular formula is C13H12N2O5. The predicted molar refractivity (Wildman–Crippen MR) is 62.9 cm³/mol. The van der Waals surface area contributed by atoms with Gasteiger partial charge in [-0.3, -0.25) is 19.8 Å². The smallest absolute Gasteiger partial charge is 0.305 e. The first-order valence-electron chi connectivity index (χ1n) is 6.54. The van der Waals surface area contributed by atoms with Crippen LogP contribution in [-0.4, -0.2) is 34.9 Å². The van der Waals surface area contributed by atoms with Gasteiger partial charge in [0.1, 0.15) is 0 Å². The van der Waals surface area contributed by atoms with Crippen LogP contribution < -0.4 is 5.43 Å². The van der Waals surface area contributed by atoms with Gasteiger partial charge in [0.15, 0.2) is 5.76 Å². The second kappa shape index (κ2) is 3.92. The molecule has 1 aromatic rings. The van der Waals surface area contributed by atoms with Gasteiger partial charge < -0.3 is 9.15 Å². The van der Waals surface area contributed by atoms with Crippen LogP contribution >= 0.6 is 0 Å². The second-order valence-corrected chi connectivity index (χ2v) is 5.27. The molecule has 0 radical (unpaired) electrons. The summed E-state index contributed by atoms with van der Waals surface area (Å²) in [6.45, 7) is 0. The van der Waals surface area contributed by atoms with Crippen molar-refractivity contribution >= 4 is 17.7 Å². The molecule has 3 aliphatic heterocycles. The van der Waals surface area contributed by atoms with E-state index in [0.29, 0.717) is 0 Å². The lowest BCUT2D eigenvalue weighted by molar-refractivity contribution is -0.145. The molecule has 104 valence electrons. The molecule has 4 rings (SSSR count). The van der Waals surface area contributed by atoms with Crippen molar-refractivity contribution < 1.29 is 23.5 Å². The fraction of sp³-hybridized carbons (Fsp3) is 0.462. The van der Waals surface area contributed by atoms with Crippen molar-refractivity contribution in [3.63, 3.8) is 0 Å². The van der Waals surface area contributed by atoms with Crippen LogP contribution in [0.5, 0.6) is 0 Å².